The maximum absolute atomic E-state index is 11.8. The van der Waals surface area contributed by atoms with Gasteiger partial charge in [0, 0.05) is 32.0 Å². The molecule has 0 aliphatic carbocycles. The second-order valence-corrected chi connectivity index (χ2v) is 4.67. The Balaban J connectivity index is 1.72. The topological polar surface area (TPSA) is 59.0 Å². The minimum absolute atomic E-state index is 0.124. The van der Waals surface area contributed by atoms with Crippen molar-refractivity contribution in [1.29, 1.82) is 0 Å². The highest BCUT2D eigenvalue weighted by Gasteiger charge is 2.24. The fourth-order valence-corrected chi connectivity index (χ4v) is 2.11. The van der Waals surface area contributed by atoms with Crippen LogP contribution in [-0.2, 0) is 11.3 Å². The molecular weight excluding hydrogens is 240 g/mol. The molecule has 0 saturated carbocycles. The summed E-state index contributed by atoms with van der Waals surface area (Å²) in [5, 5.41) is 6.09. The van der Waals surface area contributed by atoms with E-state index in [-0.39, 0.29) is 11.8 Å². The fraction of sp³-hybridized carbons (Fsp3) is 0.286. The highest BCUT2D eigenvalue weighted by molar-refractivity contribution is 5.80. The molecule has 1 aromatic carbocycles. The van der Waals surface area contributed by atoms with E-state index in [1.807, 2.05) is 35.0 Å². The molecule has 1 aliphatic rings. The lowest BCUT2D eigenvalue weighted by molar-refractivity contribution is -0.126. The van der Waals surface area contributed by atoms with Crippen LogP contribution in [0.4, 0.5) is 0 Å². The summed E-state index contributed by atoms with van der Waals surface area (Å²) in [4.78, 5) is 15.9. The van der Waals surface area contributed by atoms with Crippen molar-refractivity contribution in [1.82, 2.24) is 20.2 Å². The van der Waals surface area contributed by atoms with E-state index < -0.39 is 0 Å². The summed E-state index contributed by atoms with van der Waals surface area (Å²) in [5.74, 6) is 0.250. The number of carbonyl (C=O) groups excluding carboxylic acids is 1. The van der Waals surface area contributed by atoms with E-state index in [0.29, 0.717) is 6.54 Å². The molecule has 5 heteroatoms. The van der Waals surface area contributed by atoms with Crippen LogP contribution in [0.25, 0.3) is 5.69 Å². The maximum atomic E-state index is 11.8. The zero-order chi connectivity index (χ0) is 13.1. The van der Waals surface area contributed by atoms with Gasteiger partial charge < -0.3 is 15.2 Å². The lowest BCUT2D eigenvalue weighted by atomic mass is 10.0. The minimum Gasteiger partial charge on any atom is -0.352 e. The second kappa shape index (κ2) is 5.24. The van der Waals surface area contributed by atoms with Gasteiger partial charge in [-0.15, -0.1) is 0 Å². The standard InChI is InChI=1S/C14H16N4O/c19-14(12-7-16-8-12)17-9-11-3-1-2-4-13(11)18-6-5-15-10-18/h1-6,10,12,16H,7-9H2,(H,17,19). The van der Waals surface area contributed by atoms with Crippen molar-refractivity contribution in [2.24, 2.45) is 5.92 Å². The summed E-state index contributed by atoms with van der Waals surface area (Å²) in [6.07, 6.45) is 5.41. The Hall–Kier alpha value is -2.14. The largest absolute Gasteiger partial charge is 0.352 e. The highest BCUT2D eigenvalue weighted by atomic mass is 16.2. The molecule has 1 saturated heterocycles. The molecule has 0 bridgehead atoms. The van der Waals surface area contributed by atoms with Gasteiger partial charge in [-0.05, 0) is 11.6 Å². The van der Waals surface area contributed by atoms with Gasteiger partial charge >= 0.3 is 0 Å². The molecule has 98 valence electrons. The van der Waals surface area contributed by atoms with Crippen molar-refractivity contribution >= 4 is 5.91 Å². The average molecular weight is 256 g/mol. The summed E-state index contributed by atoms with van der Waals surface area (Å²) in [7, 11) is 0. The van der Waals surface area contributed by atoms with Gasteiger partial charge in [0.1, 0.15) is 0 Å². The number of hydrogen-bond donors (Lipinski definition) is 2. The molecule has 0 radical (unpaired) electrons. The van der Waals surface area contributed by atoms with Crippen LogP contribution in [0.2, 0.25) is 0 Å². The summed E-state index contributed by atoms with van der Waals surface area (Å²) >= 11 is 0. The zero-order valence-electron chi connectivity index (χ0n) is 10.5. The van der Waals surface area contributed by atoms with Crippen LogP contribution in [0.5, 0.6) is 0 Å². The van der Waals surface area contributed by atoms with E-state index in [4.69, 9.17) is 0 Å². The van der Waals surface area contributed by atoms with Crippen molar-refractivity contribution in [2.75, 3.05) is 13.1 Å². The molecule has 1 fully saturated rings. The summed E-state index contributed by atoms with van der Waals surface area (Å²) < 4.78 is 1.95. The van der Waals surface area contributed by atoms with Crippen molar-refractivity contribution in [3.05, 3.63) is 48.5 Å². The van der Waals surface area contributed by atoms with E-state index >= 15 is 0 Å². The molecule has 19 heavy (non-hydrogen) atoms. The predicted octanol–water partition coefficient (Wildman–Crippen LogP) is 0.708. The Morgan fingerprint density at radius 1 is 1.42 bits per heavy atom. The van der Waals surface area contributed by atoms with Crippen molar-refractivity contribution in [3.63, 3.8) is 0 Å². The number of nitrogens with zero attached hydrogens (tertiary/aromatic N) is 2. The van der Waals surface area contributed by atoms with Crippen LogP contribution >= 0.6 is 0 Å². The van der Waals surface area contributed by atoms with Gasteiger partial charge in [0.2, 0.25) is 5.91 Å². The van der Waals surface area contributed by atoms with Crippen molar-refractivity contribution in [2.45, 2.75) is 6.54 Å². The number of carbonyl (C=O) groups is 1. The number of rotatable bonds is 4. The number of benzene rings is 1. The van der Waals surface area contributed by atoms with E-state index in [1.165, 1.54) is 0 Å². The van der Waals surface area contributed by atoms with Gasteiger partial charge in [-0.2, -0.15) is 0 Å². The third-order valence-electron chi connectivity index (χ3n) is 3.38. The first kappa shape index (κ1) is 11.9. The highest BCUT2D eigenvalue weighted by Crippen LogP contribution is 2.14. The van der Waals surface area contributed by atoms with Crippen molar-refractivity contribution < 1.29 is 4.79 Å². The molecule has 2 aromatic rings. The van der Waals surface area contributed by atoms with Crippen LogP contribution in [0, 0.1) is 5.92 Å². The molecular formula is C14H16N4O. The van der Waals surface area contributed by atoms with Gasteiger partial charge in [-0.25, -0.2) is 4.98 Å². The molecule has 0 unspecified atom stereocenters. The number of hydrogen-bond acceptors (Lipinski definition) is 3. The zero-order valence-corrected chi connectivity index (χ0v) is 10.5. The summed E-state index contributed by atoms with van der Waals surface area (Å²) in [5.41, 5.74) is 2.13. The number of para-hydroxylation sites is 1. The van der Waals surface area contributed by atoms with Crippen LogP contribution in [0.1, 0.15) is 5.56 Å². The van der Waals surface area contributed by atoms with E-state index in [9.17, 15) is 4.79 Å². The minimum atomic E-state index is 0.124. The van der Waals surface area contributed by atoms with E-state index in [0.717, 1.165) is 24.3 Å². The first-order valence-electron chi connectivity index (χ1n) is 6.39. The third kappa shape index (κ3) is 2.51. The number of imidazole rings is 1. The van der Waals surface area contributed by atoms with E-state index in [2.05, 4.69) is 15.6 Å². The average Bonchev–Trinajstić information content (AvgIpc) is 2.88. The fourth-order valence-electron chi connectivity index (χ4n) is 2.11. The van der Waals surface area contributed by atoms with Crippen LogP contribution < -0.4 is 10.6 Å². The first-order valence-corrected chi connectivity index (χ1v) is 6.39. The quantitative estimate of drug-likeness (QED) is 0.847. The lowest BCUT2D eigenvalue weighted by Crippen LogP contribution is -2.50. The molecule has 1 aromatic heterocycles. The number of aromatic nitrogens is 2. The van der Waals surface area contributed by atoms with Crippen LogP contribution in [0.15, 0.2) is 43.0 Å². The van der Waals surface area contributed by atoms with Gasteiger partial charge in [0.25, 0.3) is 0 Å². The van der Waals surface area contributed by atoms with Crippen LogP contribution in [0.3, 0.4) is 0 Å². The second-order valence-electron chi connectivity index (χ2n) is 4.67. The Labute approximate surface area is 111 Å². The SMILES string of the molecule is O=C(NCc1ccccc1-n1ccnc1)C1CNC1. The maximum Gasteiger partial charge on any atom is 0.225 e. The number of nitrogens with one attached hydrogen (secondary N) is 2. The molecule has 0 spiro atoms. The van der Waals surface area contributed by atoms with Crippen molar-refractivity contribution in [3.8, 4) is 5.69 Å². The molecule has 3 rings (SSSR count). The van der Waals surface area contributed by atoms with Gasteiger partial charge in [-0.1, -0.05) is 18.2 Å². The number of amides is 1. The Bertz CT molecular complexity index is 561. The first-order chi connectivity index (χ1) is 9.34. The predicted molar refractivity (Wildman–Crippen MR) is 71.8 cm³/mol. The summed E-state index contributed by atoms with van der Waals surface area (Å²) in [6, 6.07) is 8.01. The van der Waals surface area contributed by atoms with Crippen LogP contribution in [-0.4, -0.2) is 28.5 Å². The Morgan fingerprint density at radius 2 is 2.26 bits per heavy atom. The van der Waals surface area contributed by atoms with Gasteiger partial charge in [0.05, 0.1) is 17.9 Å². The molecule has 2 heterocycles. The molecule has 1 aliphatic heterocycles. The normalized spacial score (nSPS) is 14.9. The smallest absolute Gasteiger partial charge is 0.225 e. The lowest BCUT2D eigenvalue weighted by Gasteiger charge is -2.26. The molecule has 2 N–H and O–H groups in total. The molecule has 5 nitrogen and oxygen atoms in total. The monoisotopic (exact) mass is 256 g/mol. The Morgan fingerprint density at radius 3 is 2.95 bits per heavy atom. The van der Waals surface area contributed by atoms with Gasteiger partial charge in [0.15, 0.2) is 0 Å². The Kier molecular flexibility index (Phi) is 3.29. The van der Waals surface area contributed by atoms with E-state index in [1.54, 1.807) is 12.5 Å². The van der Waals surface area contributed by atoms with Gasteiger partial charge in [-0.3, -0.25) is 4.79 Å². The molecule has 0 atom stereocenters. The summed E-state index contributed by atoms with van der Waals surface area (Å²) in [6.45, 7) is 2.12. The molecule has 1 amide bonds. The third-order valence-corrected chi connectivity index (χ3v) is 3.38.